The zero-order valence-electron chi connectivity index (χ0n) is 21.8. The van der Waals surface area contributed by atoms with E-state index in [1.54, 1.807) is 25.4 Å². The number of aromatic nitrogens is 3. The molecule has 2 N–H and O–H groups in total. The van der Waals surface area contributed by atoms with E-state index in [-0.39, 0.29) is 11.3 Å². The molecule has 1 radical (unpaired) electrons. The summed E-state index contributed by atoms with van der Waals surface area (Å²) in [6.07, 6.45) is 4.69. The zero-order valence-corrected chi connectivity index (χ0v) is 22.6. The summed E-state index contributed by atoms with van der Waals surface area (Å²) in [5, 5.41) is 17.3. The molecule has 0 unspecified atom stereocenters. The molecule has 0 atom stereocenters. The van der Waals surface area contributed by atoms with Crippen molar-refractivity contribution in [2.24, 2.45) is 0 Å². The summed E-state index contributed by atoms with van der Waals surface area (Å²) in [6, 6.07) is 13.6. The van der Waals surface area contributed by atoms with E-state index in [4.69, 9.17) is 16.6 Å². The van der Waals surface area contributed by atoms with E-state index in [2.05, 4.69) is 35.5 Å². The number of rotatable bonds is 8. The van der Waals surface area contributed by atoms with Crippen LogP contribution in [0.4, 0.5) is 17.3 Å². The molecular formula is C28H26BClN7O2. The molecule has 5 rings (SSSR count). The van der Waals surface area contributed by atoms with Crippen molar-refractivity contribution < 1.29 is 9.59 Å². The molecule has 0 saturated heterocycles. The summed E-state index contributed by atoms with van der Waals surface area (Å²) in [5.74, 6) is 0.342. The molecule has 0 bridgehead atoms. The molecule has 195 valence electrons. The number of carbonyl (C=O) groups excluding carboxylic acids is 2. The highest BCUT2D eigenvalue weighted by Crippen LogP contribution is 2.44. The van der Waals surface area contributed by atoms with Crippen molar-refractivity contribution in [1.82, 2.24) is 19.9 Å². The van der Waals surface area contributed by atoms with E-state index in [9.17, 15) is 14.9 Å². The SMILES string of the molecule is CNC(=O)CCn1ccc2c(Nc3nccc(-c4cc(C#N)c5c(c4)C(C)(C)CN5[B]C=O)n3)cc(Cl)cc21. The van der Waals surface area contributed by atoms with Gasteiger partial charge < -0.3 is 24.8 Å². The third kappa shape index (κ3) is 5.05. The minimum atomic E-state index is -0.262. The second kappa shape index (κ2) is 10.4. The number of hydrogen-bond acceptors (Lipinski definition) is 7. The van der Waals surface area contributed by atoms with Crippen molar-refractivity contribution in [3.05, 3.63) is 64.9 Å². The van der Waals surface area contributed by atoms with Gasteiger partial charge in [0.1, 0.15) is 12.3 Å². The highest BCUT2D eigenvalue weighted by Gasteiger charge is 2.37. The standard InChI is InChI=1S/C28H26BClN7O2/c1-28(2)15-37(29-16-38)26-18(14-31)10-17(11-21(26)28)22-4-7-33-27(34-22)35-23-12-19(30)13-24-20(23)5-8-36(24)9-6-25(39)32-3/h4-5,7-8,10-13,16H,6,9,15H2,1-3H3,(H,32,39)(H,33,34,35). The lowest BCUT2D eigenvalue weighted by atomic mass is 9.84. The van der Waals surface area contributed by atoms with Crippen LogP contribution in [0, 0.1) is 11.3 Å². The van der Waals surface area contributed by atoms with Crippen LogP contribution in [0.25, 0.3) is 22.2 Å². The van der Waals surface area contributed by atoms with Crippen LogP contribution in [-0.4, -0.2) is 47.6 Å². The van der Waals surface area contributed by atoms with E-state index in [0.29, 0.717) is 41.7 Å². The normalized spacial score (nSPS) is 13.6. The van der Waals surface area contributed by atoms with Crippen LogP contribution in [0.15, 0.2) is 48.8 Å². The number of nitrogens with zero attached hydrogens (tertiary/aromatic N) is 5. The lowest BCUT2D eigenvalue weighted by Gasteiger charge is -2.20. The van der Waals surface area contributed by atoms with Crippen molar-refractivity contribution in [3.63, 3.8) is 0 Å². The predicted molar refractivity (Wildman–Crippen MR) is 154 cm³/mol. The van der Waals surface area contributed by atoms with Gasteiger partial charge in [0.25, 0.3) is 0 Å². The van der Waals surface area contributed by atoms with E-state index in [0.717, 1.165) is 39.6 Å². The van der Waals surface area contributed by atoms with E-state index < -0.39 is 0 Å². The van der Waals surface area contributed by atoms with E-state index in [1.165, 1.54) is 7.41 Å². The summed E-state index contributed by atoms with van der Waals surface area (Å²) in [4.78, 5) is 33.9. The maximum atomic E-state index is 11.7. The Morgan fingerprint density at radius 1 is 1.28 bits per heavy atom. The molecule has 1 aliphatic rings. The van der Waals surface area contributed by atoms with Gasteiger partial charge in [-0.25, -0.2) is 9.97 Å². The largest absolute Gasteiger partial charge is 0.410 e. The van der Waals surface area contributed by atoms with Gasteiger partial charge in [-0.3, -0.25) is 4.79 Å². The molecule has 0 aliphatic carbocycles. The molecular weight excluding hydrogens is 513 g/mol. The van der Waals surface area contributed by atoms with Gasteiger partial charge in [-0.15, -0.1) is 0 Å². The summed E-state index contributed by atoms with van der Waals surface area (Å²) >= 11 is 6.45. The number of anilines is 3. The molecule has 0 spiro atoms. The molecule has 1 amide bonds. The Morgan fingerprint density at radius 2 is 2.10 bits per heavy atom. The van der Waals surface area contributed by atoms with Crippen molar-refractivity contribution in [2.45, 2.75) is 32.2 Å². The molecule has 2 aromatic carbocycles. The van der Waals surface area contributed by atoms with Crippen LogP contribution in [0.1, 0.15) is 31.4 Å². The maximum Gasteiger partial charge on any atom is 0.329 e. The molecule has 39 heavy (non-hydrogen) atoms. The van der Waals surface area contributed by atoms with E-state index >= 15 is 0 Å². The van der Waals surface area contributed by atoms with Crippen LogP contribution in [0.3, 0.4) is 0 Å². The Morgan fingerprint density at radius 3 is 2.85 bits per heavy atom. The quantitative estimate of drug-likeness (QED) is 0.252. The molecule has 2 aromatic heterocycles. The van der Waals surface area contributed by atoms with Crippen LogP contribution in [0.5, 0.6) is 0 Å². The lowest BCUT2D eigenvalue weighted by molar-refractivity contribution is -0.120. The Balaban J connectivity index is 1.49. The monoisotopic (exact) mass is 538 g/mol. The number of halogens is 1. The maximum absolute atomic E-state index is 11.7. The van der Waals surface area contributed by atoms with Crippen molar-refractivity contribution in [2.75, 3.05) is 23.7 Å². The number of carbonyl (C=O) groups is 2. The molecule has 0 fully saturated rings. The molecule has 1 aliphatic heterocycles. The molecule has 0 saturated carbocycles. The molecule has 11 heteroatoms. The number of amides is 1. The first kappa shape index (κ1) is 26.3. The number of fused-ring (bicyclic) bond motifs is 2. The topological polar surface area (TPSA) is 116 Å². The fourth-order valence-corrected chi connectivity index (χ4v) is 5.30. The third-order valence-corrected chi connectivity index (χ3v) is 7.18. The first-order valence-electron chi connectivity index (χ1n) is 12.5. The third-order valence-electron chi connectivity index (χ3n) is 6.96. The molecule has 3 heterocycles. The first-order valence-corrected chi connectivity index (χ1v) is 12.8. The zero-order chi connectivity index (χ0) is 27.7. The summed E-state index contributed by atoms with van der Waals surface area (Å²) < 4.78 is 1.99. The van der Waals surface area contributed by atoms with Crippen LogP contribution >= 0.6 is 11.6 Å². The van der Waals surface area contributed by atoms with Crippen LogP contribution in [0.2, 0.25) is 5.02 Å². The van der Waals surface area contributed by atoms with Crippen molar-refractivity contribution in [1.29, 1.82) is 5.26 Å². The number of aryl methyl sites for hydroxylation is 1. The average Bonchev–Trinajstić information content (AvgIpc) is 3.44. The van der Waals surface area contributed by atoms with Gasteiger partial charge in [0.15, 0.2) is 0 Å². The molecule has 4 aromatic rings. The van der Waals surface area contributed by atoms with Gasteiger partial charge >= 0.3 is 7.41 Å². The van der Waals surface area contributed by atoms with Gasteiger partial charge in [-0.05, 0) is 42.0 Å². The molecule has 9 nitrogen and oxygen atoms in total. The fourth-order valence-electron chi connectivity index (χ4n) is 5.09. The Labute approximate surface area is 232 Å². The minimum absolute atomic E-state index is 0.0356. The highest BCUT2D eigenvalue weighted by molar-refractivity contribution is 6.70. The lowest BCUT2D eigenvalue weighted by Crippen LogP contribution is -2.32. The highest BCUT2D eigenvalue weighted by atomic mass is 35.5. The van der Waals surface area contributed by atoms with Gasteiger partial charge in [0.05, 0.1) is 22.5 Å². The number of nitriles is 1. The van der Waals surface area contributed by atoms with Crippen molar-refractivity contribution in [3.8, 4) is 17.3 Å². The first-order chi connectivity index (χ1) is 18.7. The van der Waals surface area contributed by atoms with Crippen LogP contribution in [-0.2, 0) is 21.5 Å². The second-order valence-corrected chi connectivity index (χ2v) is 10.5. The second-order valence-electron chi connectivity index (χ2n) is 10.0. The number of benzene rings is 2. The number of hydrogen-bond donors (Lipinski definition) is 2. The predicted octanol–water partition coefficient (Wildman–Crippen LogP) is 4.41. The smallest absolute Gasteiger partial charge is 0.329 e. The summed E-state index contributed by atoms with van der Waals surface area (Å²) in [6.45, 7) is 5.30. The average molecular weight is 539 g/mol. The van der Waals surface area contributed by atoms with Crippen LogP contribution < -0.4 is 15.4 Å². The van der Waals surface area contributed by atoms with Gasteiger partial charge in [-0.2, -0.15) is 5.26 Å². The van der Waals surface area contributed by atoms with Crippen molar-refractivity contribution >= 4 is 59.3 Å². The Kier molecular flexibility index (Phi) is 7.02. The Hall–Kier alpha value is -4.36. The Bertz CT molecular complexity index is 1640. The van der Waals surface area contributed by atoms with Gasteiger partial charge in [0, 0.05) is 66.0 Å². The summed E-state index contributed by atoms with van der Waals surface area (Å²) in [7, 11) is 3.09. The van der Waals surface area contributed by atoms with E-state index in [1.807, 2.05) is 39.8 Å². The fraction of sp³-hybridized carbons (Fsp3) is 0.250. The van der Waals surface area contributed by atoms with Gasteiger partial charge in [-0.1, -0.05) is 25.4 Å². The number of nitrogens with one attached hydrogen (secondary N) is 2. The summed E-state index contributed by atoms with van der Waals surface area (Å²) in [5.41, 5.74) is 5.03. The van der Waals surface area contributed by atoms with Gasteiger partial charge in [0.2, 0.25) is 11.9 Å². The minimum Gasteiger partial charge on any atom is -0.410 e.